The van der Waals surface area contributed by atoms with Gasteiger partial charge >= 0.3 is 0 Å². The molecule has 0 saturated carbocycles. The predicted molar refractivity (Wildman–Crippen MR) is 71.4 cm³/mol. The molecule has 1 amide bonds. The van der Waals surface area contributed by atoms with Crippen molar-refractivity contribution in [2.24, 2.45) is 0 Å². The van der Waals surface area contributed by atoms with Gasteiger partial charge in [-0.05, 0) is 23.6 Å². The zero-order chi connectivity index (χ0) is 12.8. The summed E-state index contributed by atoms with van der Waals surface area (Å²) in [5, 5.41) is 6.86. The molecular weight excluding hydrogens is 272 g/mol. The van der Waals surface area contributed by atoms with E-state index in [1.54, 1.807) is 29.8 Å². The van der Waals surface area contributed by atoms with Crippen molar-refractivity contribution in [3.63, 3.8) is 0 Å². The van der Waals surface area contributed by atoms with Crippen LogP contribution in [0.2, 0.25) is 5.02 Å². The summed E-state index contributed by atoms with van der Waals surface area (Å²) in [4.78, 5) is 15.6. The highest BCUT2D eigenvalue weighted by molar-refractivity contribution is 7.08. The average Bonchev–Trinajstić information content (AvgIpc) is 2.90. The fraction of sp³-hybridized carbons (Fsp3) is 0.167. The molecule has 2 heterocycles. The van der Waals surface area contributed by atoms with Gasteiger partial charge in [-0.25, -0.2) is 4.98 Å². The van der Waals surface area contributed by atoms with Crippen molar-refractivity contribution in [3.05, 3.63) is 45.7 Å². The van der Waals surface area contributed by atoms with Gasteiger partial charge < -0.3 is 10.1 Å². The van der Waals surface area contributed by atoms with Gasteiger partial charge in [0.15, 0.2) is 0 Å². The summed E-state index contributed by atoms with van der Waals surface area (Å²) in [6, 6.07) is 5.21. The summed E-state index contributed by atoms with van der Waals surface area (Å²) in [6.45, 7) is 0.730. The first kappa shape index (κ1) is 12.9. The zero-order valence-electron chi connectivity index (χ0n) is 9.43. The minimum atomic E-state index is -0.105. The summed E-state index contributed by atoms with van der Waals surface area (Å²) in [6.07, 6.45) is 1.60. The molecule has 4 nitrogen and oxygen atoms in total. The lowest BCUT2D eigenvalue weighted by molar-refractivity contribution is 0.0947. The number of pyridine rings is 1. The number of hydrogen-bond acceptors (Lipinski definition) is 4. The normalized spacial score (nSPS) is 10.1. The lowest BCUT2D eigenvalue weighted by Crippen LogP contribution is -2.27. The summed E-state index contributed by atoms with van der Waals surface area (Å²) < 4.78 is 5.35. The molecule has 0 fully saturated rings. The van der Waals surface area contributed by atoms with Crippen LogP contribution in [-0.2, 0) is 0 Å². The maximum atomic E-state index is 11.6. The molecule has 0 aliphatic heterocycles. The molecule has 2 aromatic rings. The van der Waals surface area contributed by atoms with E-state index in [4.69, 9.17) is 16.3 Å². The molecule has 2 aromatic heterocycles. The van der Waals surface area contributed by atoms with E-state index in [1.807, 2.05) is 5.38 Å². The van der Waals surface area contributed by atoms with Gasteiger partial charge in [-0.3, -0.25) is 4.79 Å². The van der Waals surface area contributed by atoms with Gasteiger partial charge in [0, 0.05) is 17.1 Å². The number of carbonyl (C=O) groups is 1. The van der Waals surface area contributed by atoms with Crippen molar-refractivity contribution >= 4 is 28.8 Å². The Kier molecular flexibility index (Phi) is 4.55. The maximum absolute atomic E-state index is 11.6. The van der Waals surface area contributed by atoms with Crippen molar-refractivity contribution in [2.75, 3.05) is 13.2 Å². The van der Waals surface area contributed by atoms with E-state index in [9.17, 15) is 4.79 Å². The standard InChI is InChI=1S/C12H11ClN2O2S/c13-10-2-1-4-15-12(10)17-6-5-14-11(16)9-3-7-18-8-9/h1-4,7-8H,5-6H2,(H,14,16). The molecule has 0 saturated heterocycles. The van der Waals surface area contributed by atoms with Crippen LogP contribution in [0.25, 0.3) is 0 Å². The number of carbonyl (C=O) groups excluding carboxylic acids is 1. The van der Waals surface area contributed by atoms with Crippen LogP contribution in [0, 0.1) is 0 Å². The Morgan fingerprint density at radius 2 is 2.39 bits per heavy atom. The summed E-state index contributed by atoms with van der Waals surface area (Å²) in [5.74, 6) is 0.274. The number of rotatable bonds is 5. The topological polar surface area (TPSA) is 51.2 Å². The second-order valence-corrected chi connectivity index (χ2v) is 4.59. The molecule has 0 bridgehead atoms. The van der Waals surface area contributed by atoms with Gasteiger partial charge in [0.05, 0.1) is 6.54 Å². The van der Waals surface area contributed by atoms with Crippen LogP contribution in [0.15, 0.2) is 35.2 Å². The molecule has 0 unspecified atom stereocenters. The molecule has 0 radical (unpaired) electrons. The largest absolute Gasteiger partial charge is 0.475 e. The highest BCUT2D eigenvalue weighted by Gasteiger charge is 2.05. The van der Waals surface area contributed by atoms with E-state index >= 15 is 0 Å². The van der Waals surface area contributed by atoms with Crippen LogP contribution in [0.1, 0.15) is 10.4 Å². The molecule has 2 rings (SSSR count). The lowest BCUT2D eigenvalue weighted by Gasteiger charge is -2.07. The van der Waals surface area contributed by atoms with Gasteiger partial charge in [-0.2, -0.15) is 11.3 Å². The second kappa shape index (κ2) is 6.37. The van der Waals surface area contributed by atoms with Gasteiger partial charge in [0.2, 0.25) is 5.88 Å². The molecule has 0 spiro atoms. The SMILES string of the molecule is O=C(NCCOc1ncccc1Cl)c1ccsc1. The number of aromatic nitrogens is 1. The van der Waals surface area contributed by atoms with E-state index in [1.165, 1.54) is 11.3 Å². The third-order valence-electron chi connectivity index (χ3n) is 2.13. The minimum Gasteiger partial charge on any atom is -0.475 e. The van der Waals surface area contributed by atoms with Gasteiger partial charge in [-0.15, -0.1) is 0 Å². The van der Waals surface area contributed by atoms with Crippen LogP contribution in [0.5, 0.6) is 5.88 Å². The third-order valence-corrected chi connectivity index (χ3v) is 3.11. The lowest BCUT2D eigenvalue weighted by atomic mass is 10.3. The van der Waals surface area contributed by atoms with E-state index in [0.717, 1.165) is 0 Å². The van der Waals surface area contributed by atoms with E-state index in [0.29, 0.717) is 29.6 Å². The Morgan fingerprint density at radius 3 is 3.11 bits per heavy atom. The first-order chi connectivity index (χ1) is 8.77. The molecule has 18 heavy (non-hydrogen) atoms. The summed E-state index contributed by atoms with van der Waals surface area (Å²) in [5.41, 5.74) is 0.663. The molecular formula is C12H11ClN2O2S. The Morgan fingerprint density at radius 1 is 1.50 bits per heavy atom. The molecule has 0 atom stereocenters. The second-order valence-electron chi connectivity index (χ2n) is 3.41. The Labute approximate surface area is 114 Å². The number of hydrogen-bond donors (Lipinski definition) is 1. The molecule has 1 N–H and O–H groups in total. The van der Waals surface area contributed by atoms with Crippen molar-refractivity contribution in [1.29, 1.82) is 0 Å². The maximum Gasteiger partial charge on any atom is 0.252 e. The minimum absolute atomic E-state index is 0.105. The average molecular weight is 283 g/mol. The number of nitrogens with one attached hydrogen (secondary N) is 1. The van der Waals surface area contributed by atoms with Crippen LogP contribution in [0.4, 0.5) is 0 Å². The fourth-order valence-corrected chi connectivity index (χ4v) is 2.10. The van der Waals surface area contributed by atoms with Crippen LogP contribution in [0.3, 0.4) is 0 Å². The quantitative estimate of drug-likeness (QED) is 0.858. The molecule has 0 aromatic carbocycles. The zero-order valence-corrected chi connectivity index (χ0v) is 11.0. The number of thiophene rings is 1. The summed E-state index contributed by atoms with van der Waals surface area (Å²) >= 11 is 7.36. The number of ether oxygens (including phenoxy) is 1. The third kappa shape index (κ3) is 3.45. The monoisotopic (exact) mass is 282 g/mol. The van der Waals surface area contributed by atoms with Gasteiger partial charge in [0.25, 0.3) is 5.91 Å². The van der Waals surface area contributed by atoms with Crippen LogP contribution >= 0.6 is 22.9 Å². The molecule has 0 aliphatic rings. The molecule has 0 aliphatic carbocycles. The van der Waals surface area contributed by atoms with Crippen molar-refractivity contribution < 1.29 is 9.53 Å². The fourth-order valence-electron chi connectivity index (χ4n) is 1.29. The number of nitrogens with zero attached hydrogens (tertiary/aromatic N) is 1. The van der Waals surface area contributed by atoms with Crippen molar-refractivity contribution in [1.82, 2.24) is 10.3 Å². The first-order valence-corrected chi connectivity index (χ1v) is 6.63. The van der Waals surface area contributed by atoms with Crippen LogP contribution < -0.4 is 10.1 Å². The number of amides is 1. The molecule has 94 valence electrons. The van der Waals surface area contributed by atoms with Crippen molar-refractivity contribution in [2.45, 2.75) is 0 Å². The molecule has 6 heteroatoms. The highest BCUT2D eigenvalue weighted by atomic mass is 35.5. The van der Waals surface area contributed by atoms with E-state index < -0.39 is 0 Å². The van der Waals surface area contributed by atoms with E-state index in [-0.39, 0.29) is 5.91 Å². The first-order valence-electron chi connectivity index (χ1n) is 5.31. The van der Waals surface area contributed by atoms with Gasteiger partial charge in [0.1, 0.15) is 11.6 Å². The van der Waals surface area contributed by atoms with E-state index in [2.05, 4.69) is 10.3 Å². The smallest absolute Gasteiger partial charge is 0.252 e. The summed E-state index contributed by atoms with van der Waals surface area (Å²) in [7, 11) is 0. The van der Waals surface area contributed by atoms with Gasteiger partial charge in [-0.1, -0.05) is 11.6 Å². The Balaban J connectivity index is 1.74. The Hall–Kier alpha value is -1.59. The van der Waals surface area contributed by atoms with Crippen molar-refractivity contribution in [3.8, 4) is 5.88 Å². The highest BCUT2D eigenvalue weighted by Crippen LogP contribution is 2.19. The van der Waals surface area contributed by atoms with Crippen LogP contribution in [-0.4, -0.2) is 24.0 Å². The Bertz CT molecular complexity index is 517. The predicted octanol–water partition coefficient (Wildman–Crippen LogP) is 2.61. The number of halogens is 1.